The van der Waals surface area contributed by atoms with Crippen molar-refractivity contribution in [2.24, 2.45) is 23.7 Å². The van der Waals surface area contributed by atoms with Gasteiger partial charge in [-0.25, -0.2) is 36.1 Å². The van der Waals surface area contributed by atoms with Crippen molar-refractivity contribution in [1.82, 2.24) is 0 Å². The summed E-state index contributed by atoms with van der Waals surface area (Å²) in [5.41, 5.74) is 6.11. The summed E-state index contributed by atoms with van der Waals surface area (Å²) >= 11 is 1.58. The van der Waals surface area contributed by atoms with Crippen molar-refractivity contribution in [2.45, 2.75) is 51.4 Å². The van der Waals surface area contributed by atoms with Gasteiger partial charge in [-0.15, -0.1) is 49.1 Å². The van der Waals surface area contributed by atoms with Gasteiger partial charge < -0.3 is 14.9 Å². The quantitative estimate of drug-likeness (QED) is 0.221. The first-order valence-corrected chi connectivity index (χ1v) is 19.5. The van der Waals surface area contributed by atoms with Crippen LogP contribution < -0.4 is 0 Å². The van der Waals surface area contributed by atoms with E-state index >= 15 is 0 Å². The van der Waals surface area contributed by atoms with Crippen LogP contribution in [0.15, 0.2) is 108 Å². The Kier molecular flexibility index (Phi) is 19.3. The van der Waals surface area contributed by atoms with Crippen molar-refractivity contribution in [3.63, 3.8) is 0 Å². The molecule has 2 fully saturated rings. The van der Waals surface area contributed by atoms with Gasteiger partial charge in [-0.1, -0.05) is 99.2 Å². The fourth-order valence-electron chi connectivity index (χ4n) is 6.54. The van der Waals surface area contributed by atoms with Crippen LogP contribution in [0.2, 0.25) is 0 Å². The first-order chi connectivity index (χ1) is 17.7. The molecule has 40 heavy (non-hydrogen) atoms. The van der Waals surface area contributed by atoms with Crippen LogP contribution in [0.3, 0.4) is 0 Å². The third kappa shape index (κ3) is 9.97. The molecule has 4 aliphatic rings. The molecule has 0 radical (unpaired) electrons. The Bertz CT molecular complexity index is 1000. The van der Waals surface area contributed by atoms with Gasteiger partial charge in [0.05, 0.1) is 0 Å². The fraction of sp³-hybridized carbons (Fsp3) is 0.333. The molecule has 2 aromatic rings. The molecule has 0 N–H and O–H groups in total. The zero-order chi connectivity index (χ0) is 25.3. The van der Waals surface area contributed by atoms with Crippen molar-refractivity contribution in [2.75, 3.05) is 0 Å². The molecule has 0 spiro atoms. The Hall–Kier alpha value is -1.18. The van der Waals surface area contributed by atoms with Crippen LogP contribution in [0.4, 0.5) is 0 Å². The average Bonchev–Trinajstić information content (AvgIpc) is 3.33. The van der Waals surface area contributed by atoms with Gasteiger partial charge in [0.2, 0.25) is 0 Å². The molecule has 2 saturated carbocycles. The number of halogens is 2. The number of fused-ring (bicyclic) bond motifs is 2. The molecular weight excluding hydrogens is 623 g/mol. The molecule has 0 nitrogen and oxygen atoms in total. The zero-order valence-electron chi connectivity index (χ0n) is 24.7. The molecule has 4 heteroatoms. The van der Waals surface area contributed by atoms with Crippen LogP contribution in [0.5, 0.6) is 0 Å². The Morgan fingerprint density at radius 2 is 0.950 bits per heavy atom. The van der Waals surface area contributed by atoms with E-state index in [0.29, 0.717) is 11.8 Å². The van der Waals surface area contributed by atoms with Crippen molar-refractivity contribution < 1.29 is 23.3 Å². The maximum absolute atomic E-state index is 2.45. The molecule has 0 aromatic heterocycles. The van der Waals surface area contributed by atoms with Gasteiger partial charge in [-0.05, 0) is 47.6 Å². The number of hydrogen-bond donors (Lipinski definition) is 0. The van der Waals surface area contributed by atoms with Gasteiger partial charge in [0.1, 0.15) is 0 Å². The molecule has 0 amide bonds. The summed E-state index contributed by atoms with van der Waals surface area (Å²) in [5, 5.41) is 0. The van der Waals surface area contributed by atoms with E-state index in [0.717, 1.165) is 23.7 Å². The molecule has 6 atom stereocenters. The van der Waals surface area contributed by atoms with E-state index in [1.807, 2.05) is 6.88 Å². The standard InChI is InChI=1S/2C17H19.2CH3.2ClH.H2Si.Zr/c2*1-13-11-15-9-5-6-10-16(17(15)12-13)14-7-3-2-4-8-14;;;;;;/h2*2-9,11,13,16-17H,10,12H2,1H3;2*1H3;2*1H;1H2;/q4*-1;;;;. The second kappa shape index (κ2) is 19.9. The predicted molar refractivity (Wildman–Crippen MR) is 181 cm³/mol. The first kappa shape index (κ1) is 38.8. The second-order valence-corrected chi connectivity index (χ2v) is 10.7. The Balaban J connectivity index is 0.000000655. The van der Waals surface area contributed by atoms with Gasteiger partial charge in [0, 0.05) is 0 Å². The fourth-order valence-corrected chi connectivity index (χ4v) is 6.54. The molecule has 4 aliphatic carbocycles. The first-order valence-electron chi connectivity index (χ1n) is 13.6. The summed E-state index contributed by atoms with van der Waals surface area (Å²) in [6, 6.07) is 22.0. The van der Waals surface area contributed by atoms with Gasteiger partial charge in [-0.2, -0.15) is 0 Å². The predicted octanol–water partition coefficient (Wildman–Crippen LogP) is 9.86. The van der Waals surface area contributed by atoms with E-state index in [1.165, 1.54) is 36.8 Å². The summed E-state index contributed by atoms with van der Waals surface area (Å²) in [7, 11) is 0. The Morgan fingerprint density at radius 1 is 0.600 bits per heavy atom. The average molecular weight is 671 g/mol. The zero-order valence-corrected chi connectivity index (χ0v) is 30.2. The molecule has 6 unspecified atom stereocenters. The molecule has 0 aliphatic heterocycles. The van der Waals surface area contributed by atoms with E-state index in [2.05, 4.69) is 124 Å². The number of benzene rings is 2. The van der Waals surface area contributed by atoms with Crippen LogP contribution >= 0.6 is 24.8 Å². The normalized spacial score (nSPS) is 26.7. The molecule has 218 valence electrons. The van der Waals surface area contributed by atoms with Gasteiger partial charge in [-0.3, -0.25) is 0 Å². The summed E-state index contributed by atoms with van der Waals surface area (Å²) in [4.78, 5) is 0. The van der Waals surface area contributed by atoms with E-state index in [9.17, 15) is 0 Å². The maximum atomic E-state index is 2.45. The topological polar surface area (TPSA) is 0 Å². The van der Waals surface area contributed by atoms with Crippen LogP contribution in [0.25, 0.3) is 0 Å². The molecule has 6 rings (SSSR count). The van der Waals surface area contributed by atoms with E-state index in [1.54, 1.807) is 34.5 Å². The third-order valence-electron chi connectivity index (χ3n) is 8.12. The van der Waals surface area contributed by atoms with Crippen LogP contribution in [0, 0.1) is 51.4 Å². The number of rotatable bonds is 2. The van der Waals surface area contributed by atoms with Crippen LogP contribution in [-0.2, 0) is 23.3 Å². The van der Waals surface area contributed by atoms with Gasteiger partial charge in [0.15, 0.2) is 0 Å². The monoisotopic (exact) mass is 668 g/mol. The molecule has 0 saturated heterocycles. The Morgan fingerprint density at radius 3 is 1.30 bits per heavy atom. The summed E-state index contributed by atoms with van der Waals surface area (Å²) < 4.78 is 0. The van der Waals surface area contributed by atoms with Gasteiger partial charge in [0.25, 0.3) is 0 Å². The number of allylic oxidation sites excluding steroid dienone is 8. The van der Waals surface area contributed by atoms with Crippen molar-refractivity contribution in [3.05, 3.63) is 147 Å². The summed E-state index contributed by atoms with van der Waals surface area (Å²) in [5.74, 6) is 4.27. The molecule has 0 bridgehead atoms. The van der Waals surface area contributed by atoms with Crippen molar-refractivity contribution in [1.29, 1.82) is 0 Å². The summed E-state index contributed by atoms with van der Waals surface area (Å²) in [6.07, 6.45) is 23.6. The van der Waals surface area contributed by atoms with Crippen LogP contribution in [-0.4, -0.2) is 6.88 Å². The molecule has 2 aromatic carbocycles. The van der Waals surface area contributed by atoms with Crippen molar-refractivity contribution >= 4 is 31.7 Å². The minimum absolute atomic E-state index is 0. The second-order valence-electron chi connectivity index (χ2n) is 10.7. The number of hydrogen-bond acceptors (Lipinski definition) is 0. The van der Waals surface area contributed by atoms with Crippen LogP contribution in [0.1, 0.15) is 62.5 Å². The Labute approximate surface area is 275 Å². The molecule has 0 heterocycles. The van der Waals surface area contributed by atoms with Gasteiger partial charge >= 0.3 is 30.2 Å². The van der Waals surface area contributed by atoms with E-state index in [4.69, 9.17) is 0 Å². The SMILES string of the molecule is CC1[CH-]C2=CC=CCC(c3ccccc3)C2C1.CC1[CH-]C2=CC=CCC(c3ccccc3)C2C1.Cl.Cl.[CH3-].[CH3-].[SiH2]=[Zr]. The minimum atomic E-state index is 0. The van der Waals surface area contributed by atoms with Crippen molar-refractivity contribution in [3.8, 4) is 0 Å². The third-order valence-corrected chi connectivity index (χ3v) is 8.12. The van der Waals surface area contributed by atoms with E-state index in [-0.39, 0.29) is 39.7 Å². The molecular formula is C36H48Cl2SiZr-4. The van der Waals surface area contributed by atoms with E-state index < -0.39 is 0 Å². The summed E-state index contributed by atoms with van der Waals surface area (Å²) in [6.45, 7) is 6.62.